The quantitative estimate of drug-likeness (QED) is 0.0696. The first-order valence-corrected chi connectivity index (χ1v) is 31.6. The van der Waals surface area contributed by atoms with Gasteiger partial charge in [0.1, 0.15) is 22.7 Å². The van der Waals surface area contributed by atoms with Crippen LogP contribution < -0.4 is 14.8 Å². The van der Waals surface area contributed by atoms with Gasteiger partial charge in [-0.1, -0.05) is 218 Å². The fourth-order valence-corrected chi connectivity index (χ4v) is 15.3. The van der Waals surface area contributed by atoms with E-state index >= 15 is 0 Å². The summed E-state index contributed by atoms with van der Waals surface area (Å²) in [4.78, 5) is 64.4. The van der Waals surface area contributed by atoms with Crippen molar-refractivity contribution >= 4 is 48.4 Å². The number of methoxy groups -OCH3 is 2. The average molecular weight is 1180 g/mol. The molecule has 13 heteroatoms. The molecule has 0 aliphatic heterocycles. The van der Waals surface area contributed by atoms with Gasteiger partial charge in [-0.05, 0) is 113 Å². The minimum atomic E-state index is -4.11. The van der Waals surface area contributed by atoms with Crippen molar-refractivity contribution in [3.05, 3.63) is 195 Å². The highest BCUT2D eigenvalue weighted by Gasteiger charge is 2.45. The summed E-state index contributed by atoms with van der Waals surface area (Å²) in [5.74, 6) is 0.797. The van der Waals surface area contributed by atoms with Gasteiger partial charge in [0.25, 0.3) is 0 Å². The molecular weight excluding hydrogens is 1090 g/mol. The molecule has 11 nitrogen and oxygen atoms in total. The standard InChI is InChI=1S/C26H27O3P.C17H26O4P.2C13H16O2.2CH4/c1-16-12-18(3)23(19(4)13-16)25(27)30(29,22-10-8-7-9-11-22)26(28)24-20(5)14-17(2)15-21(24)6;1-12(10-17(2,3)4)11-22(19)16(18)15-13(20-5)8-7-9-14(15)21-6;2*14-12(11-7-3-1-4-8-11)13(15)9-5-2-6-10-13;;/h7-15H,1-6H3;7-9,12H,10-11H2,1-6H3;2*1,3-4,7-8,15H,2,5-6,9-10H2;2*1H4/q;+1;;;;. The molecule has 2 N–H and O–H groups in total. The third-order valence-corrected chi connectivity index (χ3v) is 19.3. The Morgan fingerprint density at radius 3 is 1.19 bits per heavy atom. The minimum Gasteiger partial charge on any atom is -0.496 e. The van der Waals surface area contributed by atoms with Crippen molar-refractivity contribution in [1.29, 1.82) is 0 Å². The lowest BCUT2D eigenvalue weighted by Gasteiger charge is -2.30. The Morgan fingerprint density at radius 2 is 0.869 bits per heavy atom. The van der Waals surface area contributed by atoms with Gasteiger partial charge in [0.05, 0.1) is 14.2 Å². The van der Waals surface area contributed by atoms with Crippen molar-refractivity contribution in [1.82, 2.24) is 0 Å². The molecule has 2 aliphatic carbocycles. The summed E-state index contributed by atoms with van der Waals surface area (Å²) in [5.41, 5.74) is 3.65. The zero-order valence-corrected chi connectivity index (χ0v) is 52.0. The lowest BCUT2D eigenvalue weighted by atomic mass is 9.79. The van der Waals surface area contributed by atoms with Crippen molar-refractivity contribution in [3.63, 3.8) is 0 Å². The Morgan fingerprint density at radius 1 is 0.536 bits per heavy atom. The highest BCUT2D eigenvalue weighted by Crippen LogP contribution is 2.53. The second-order valence-corrected chi connectivity index (χ2v) is 27.5. The van der Waals surface area contributed by atoms with Crippen LogP contribution in [-0.4, -0.2) is 69.9 Å². The summed E-state index contributed by atoms with van der Waals surface area (Å²) in [6.45, 7) is 19.7. The normalized spacial score (nSPS) is 14.7. The van der Waals surface area contributed by atoms with Gasteiger partial charge in [-0.25, -0.2) is 4.79 Å². The minimum absolute atomic E-state index is 0. The molecule has 0 heterocycles. The van der Waals surface area contributed by atoms with Crippen molar-refractivity contribution in [2.24, 2.45) is 11.3 Å². The first-order chi connectivity index (χ1) is 38.7. The van der Waals surface area contributed by atoms with E-state index in [1.54, 1.807) is 72.8 Å². The molecule has 8 rings (SSSR count). The second kappa shape index (κ2) is 32.1. The van der Waals surface area contributed by atoms with Crippen LogP contribution >= 0.6 is 14.9 Å². The van der Waals surface area contributed by atoms with Gasteiger partial charge in [-0.2, -0.15) is 0 Å². The van der Waals surface area contributed by atoms with Crippen LogP contribution in [0.25, 0.3) is 0 Å². The van der Waals surface area contributed by atoms with E-state index < -0.39 is 42.7 Å². The topological polar surface area (TPSA) is 178 Å². The summed E-state index contributed by atoms with van der Waals surface area (Å²) in [5, 5.41) is 20.8. The zero-order valence-electron chi connectivity index (χ0n) is 50.2. The van der Waals surface area contributed by atoms with Crippen molar-refractivity contribution in [2.45, 2.75) is 166 Å². The van der Waals surface area contributed by atoms with E-state index in [2.05, 4.69) is 20.8 Å². The van der Waals surface area contributed by atoms with Crippen LogP contribution in [0.4, 0.5) is 0 Å². The molecule has 0 spiro atoms. The van der Waals surface area contributed by atoms with Gasteiger partial charge in [0.2, 0.25) is 18.2 Å². The summed E-state index contributed by atoms with van der Waals surface area (Å²) in [7, 11) is -3.14. The number of Topliss-reactive ketones (excluding diaryl/α,β-unsaturated/α-hetero) is 2. The number of carbonyl (C=O) groups is 5. The number of rotatable bonds is 16. The van der Waals surface area contributed by atoms with Crippen molar-refractivity contribution in [2.75, 3.05) is 20.4 Å². The Labute approximate surface area is 502 Å². The van der Waals surface area contributed by atoms with Crippen LogP contribution in [-0.2, 0) is 9.13 Å². The first kappa shape index (κ1) is 71.8. The Hall–Kier alpha value is -6.48. The lowest BCUT2D eigenvalue weighted by Crippen LogP contribution is -2.40. The Balaban J connectivity index is 0.000000303. The van der Waals surface area contributed by atoms with E-state index in [0.29, 0.717) is 65.6 Å². The molecule has 84 heavy (non-hydrogen) atoms. The Bertz CT molecular complexity index is 3030. The molecule has 0 bridgehead atoms. The summed E-state index contributed by atoms with van der Waals surface area (Å²) >= 11 is 0. The predicted octanol–water partition coefficient (Wildman–Crippen LogP) is 17.4. The molecule has 0 radical (unpaired) electrons. The molecule has 2 aliphatic rings. The van der Waals surface area contributed by atoms with Gasteiger partial charge in [0, 0.05) is 33.5 Å². The van der Waals surface area contributed by atoms with E-state index in [0.717, 1.165) is 78.3 Å². The SMILES string of the molecule is C.C.COc1cccc(OC)c1C(=O)[P+](=O)CC(C)CC(C)(C)C.Cc1cc(C)c(C(=O)P(=O)(C(=O)c2c(C)cc(C)cc2C)c2ccccc2)c(C)c1.O=C(c1ccccc1)C1(O)CCCCC1.O=C(c1ccccc1)C1(O)CCCCC1. The average Bonchev–Trinajstić information content (AvgIpc) is 2.81. The third-order valence-electron chi connectivity index (χ3n) is 15.1. The highest BCUT2D eigenvalue weighted by atomic mass is 31.2. The van der Waals surface area contributed by atoms with Gasteiger partial charge in [-0.15, -0.1) is 0 Å². The number of ketones is 2. The smallest absolute Gasteiger partial charge is 0.420 e. The van der Waals surface area contributed by atoms with Gasteiger partial charge < -0.3 is 24.3 Å². The summed E-state index contributed by atoms with van der Waals surface area (Å²) in [6, 6.07) is 39.3. The van der Waals surface area contributed by atoms with Gasteiger partial charge in [0.15, 0.2) is 23.3 Å². The molecular formula is C71H93O11P2+. The molecule has 452 valence electrons. The number of hydrogen-bond donors (Lipinski definition) is 2. The predicted molar refractivity (Wildman–Crippen MR) is 344 cm³/mol. The maximum atomic E-state index is 14.5. The van der Waals surface area contributed by atoms with E-state index in [-0.39, 0.29) is 48.6 Å². The maximum Gasteiger partial charge on any atom is 0.420 e. The van der Waals surface area contributed by atoms with E-state index in [1.165, 1.54) is 14.2 Å². The van der Waals surface area contributed by atoms with Crippen LogP contribution in [0.3, 0.4) is 0 Å². The zero-order chi connectivity index (χ0) is 60.6. The van der Waals surface area contributed by atoms with E-state index in [1.807, 2.05) is 109 Å². The van der Waals surface area contributed by atoms with Crippen LogP contribution in [0.5, 0.6) is 11.5 Å². The van der Waals surface area contributed by atoms with E-state index in [9.17, 15) is 43.3 Å². The summed E-state index contributed by atoms with van der Waals surface area (Å²) in [6.07, 6.45) is 9.82. The van der Waals surface area contributed by atoms with Crippen molar-refractivity contribution < 1.29 is 52.8 Å². The third kappa shape index (κ3) is 18.5. The van der Waals surface area contributed by atoms with Crippen molar-refractivity contribution in [3.8, 4) is 11.5 Å². The van der Waals surface area contributed by atoms with Crippen LogP contribution in [0.15, 0.2) is 133 Å². The Kier molecular flexibility index (Phi) is 27.5. The molecule has 6 aromatic rings. The molecule has 2 saturated carbocycles. The molecule has 6 aromatic carbocycles. The highest BCUT2D eigenvalue weighted by molar-refractivity contribution is 8.01. The molecule has 0 amide bonds. The number of hydrogen-bond acceptors (Lipinski definition) is 11. The number of aryl methyl sites for hydroxylation is 6. The fraction of sp³-hybridized carbons (Fsp3) is 0.423. The molecule has 2 atom stereocenters. The van der Waals surface area contributed by atoms with Gasteiger partial charge >= 0.3 is 13.3 Å². The number of aliphatic hydroxyl groups is 2. The number of carbonyl (C=O) groups excluding carboxylic acids is 5. The van der Waals surface area contributed by atoms with Crippen LogP contribution in [0.2, 0.25) is 0 Å². The number of benzene rings is 6. The van der Waals surface area contributed by atoms with Gasteiger partial charge in [-0.3, -0.25) is 19.2 Å². The van der Waals surface area contributed by atoms with Crippen LogP contribution in [0, 0.1) is 52.9 Å². The second-order valence-electron chi connectivity index (χ2n) is 23.5. The fourth-order valence-electron chi connectivity index (χ4n) is 11.4. The molecule has 0 saturated heterocycles. The van der Waals surface area contributed by atoms with E-state index in [4.69, 9.17) is 9.47 Å². The first-order valence-electron chi connectivity index (χ1n) is 28.5. The monoisotopic (exact) mass is 1180 g/mol. The van der Waals surface area contributed by atoms with Crippen LogP contribution in [0.1, 0.15) is 198 Å². The lowest BCUT2D eigenvalue weighted by molar-refractivity contribution is 0.0116. The largest absolute Gasteiger partial charge is 0.496 e. The molecule has 2 fully saturated rings. The summed E-state index contributed by atoms with van der Waals surface area (Å²) < 4.78 is 37.4. The maximum absolute atomic E-state index is 14.5. The molecule has 2 unspecified atom stereocenters. The number of ether oxygens (including phenoxy) is 2. The molecule has 0 aromatic heterocycles.